The largest absolute Gasteiger partial charge is 0.381 e. The van der Waals surface area contributed by atoms with Crippen molar-refractivity contribution in [3.05, 3.63) is 0 Å². The van der Waals surface area contributed by atoms with Crippen molar-refractivity contribution in [2.75, 3.05) is 0 Å². The highest BCUT2D eigenvalue weighted by atomic mass is 16.3. The maximum atomic E-state index is 12.2. The van der Waals surface area contributed by atoms with Crippen LogP contribution in [0.1, 0.15) is 33.6 Å². The molecular formula is C12H26N6O4. The zero-order valence-electron chi connectivity index (χ0n) is 13.1. The van der Waals surface area contributed by atoms with Gasteiger partial charge in [-0.1, -0.05) is 0 Å². The van der Waals surface area contributed by atoms with Crippen LogP contribution < -0.4 is 34.4 Å². The molecule has 13 N–H and O–H groups in total. The standard InChI is InChI=1S/C12H26N6O4/c1-9(13,14)6(19)4-12(22,8(21)11(3,17)18)5-7(20)10(2,15)16/h22H,4-5,13-18H2,1-3H3. The van der Waals surface area contributed by atoms with Crippen molar-refractivity contribution >= 4 is 17.3 Å². The molecule has 0 bridgehead atoms. The van der Waals surface area contributed by atoms with E-state index < -0.39 is 52.8 Å². The molecule has 0 unspecified atom stereocenters. The predicted molar refractivity (Wildman–Crippen MR) is 79.5 cm³/mol. The summed E-state index contributed by atoms with van der Waals surface area (Å²) in [6, 6.07) is 0. The van der Waals surface area contributed by atoms with Crippen LogP contribution in [0.2, 0.25) is 0 Å². The third kappa shape index (κ3) is 5.50. The van der Waals surface area contributed by atoms with Crippen molar-refractivity contribution in [3.63, 3.8) is 0 Å². The summed E-state index contributed by atoms with van der Waals surface area (Å²) in [5.74, 6) is -2.86. The Hall–Kier alpha value is -1.27. The van der Waals surface area contributed by atoms with Crippen LogP contribution >= 0.6 is 0 Å². The smallest absolute Gasteiger partial charge is 0.198 e. The van der Waals surface area contributed by atoms with Crippen molar-refractivity contribution in [1.29, 1.82) is 0 Å². The van der Waals surface area contributed by atoms with Crippen LogP contribution in [0.4, 0.5) is 0 Å². The number of nitrogens with two attached hydrogens (primary N) is 6. The zero-order chi connectivity index (χ0) is 18.1. The highest BCUT2D eigenvalue weighted by molar-refractivity contribution is 6.03. The molecule has 0 aromatic heterocycles. The normalized spacial score (nSPS) is 13.9. The van der Waals surface area contributed by atoms with Gasteiger partial charge in [-0.2, -0.15) is 0 Å². The lowest BCUT2D eigenvalue weighted by Crippen LogP contribution is -2.66. The van der Waals surface area contributed by atoms with E-state index in [-0.39, 0.29) is 0 Å². The average Bonchev–Trinajstić information content (AvgIpc) is 2.23. The van der Waals surface area contributed by atoms with E-state index in [4.69, 9.17) is 34.4 Å². The maximum absolute atomic E-state index is 12.2. The molecule has 0 aliphatic heterocycles. The Balaban J connectivity index is 5.65. The van der Waals surface area contributed by atoms with Crippen LogP contribution in [0.15, 0.2) is 0 Å². The van der Waals surface area contributed by atoms with Crippen molar-refractivity contribution < 1.29 is 19.5 Å². The molecule has 0 spiro atoms. The number of carbonyl (C=O) groups is 3. The summed E-state index contributed by atoms with van der Waals surface area (Å²) in [6.45, 7) is 3.48. The van der Waals surface area contributed by atoms with E-state index in [1.54, 1.807) is 0 Å². The van der Waals surface area contributed by atoms with Gasteiger partial charge >= 0.3 is 0 Å². The van der Waals surface area contributed by atoms with Gasteiger partial charge in [-0.05, 0) is 20.8 Å². The van der Waals surface area contributed by atoms with Gasteiger partial charge in [-0.3, -0.25) is 14.4 Å². The molecule has 0 saturated carbocycles. The minimum Gasteiger partial charge on any atom is -0.381 e. The molecular weight excluding hydrogens is 292 g/mol. The van der Waals surface area contributed by atoms with E-state index in [1.165, 1.54) is 13.8 Å². The fourth-order valence-corrected chi connectivity index (χ4v) is 1.64. The first-order valence-corrected chi connectivity index (χ1v) is 6.48. The first kappa shape index (κ1) is 20.7. The third-order valence-electron chi connectivity index (χ3n) is 3.02. The number of hydrogen-bond acceptors (Lipinski definition) is 10. The van der Waals surface area contributed by atoms with E-state index in [0.29, 0.717) is 0 Å². The van der Waals surface area contributed by atoms with E-state index in [1.807, 2.05) is 0 Å². The number of hydrogen-bond donors (Lipinski definition) is 7. The molecule has 0 rings (SSSR count). The molecule has 0 heterocycles. The number of rotatable bonds is 8. The summed E-state index contributed by atoms with van der Waals surface area (Å²) in [7, 11) is 0. The first-order chi connectivity index (χ1) is 9.41. The molecule has 0 aromatic carbocycles. The lowest BCUT2D eigenvalue weighted by atomic mass is 9.79. The Morgan fingerprint density at radius 2 is 1.00 bits per heavy atom. The van der Waals surface area contributed by atoms with Gasteiger partial charge < -0.3 is 39.5 Å². The molecule has 128 valence electrons. The van der Waals surface area contributed by atoms with Crippen LogP contribution in [0.25, 0.3) is 0 Å². The van der Waals surface area contributed by atoms with E-state index in [2.05, 4.69) is 0 Å². The molecule has 0 saturated heterocycles. The highest BCUT2D eigenvalue weighted by Gasteiger charge is 2.48. The van der Waals surface area contributed by atoms with Gasteiger partial charge in [0.2, 0.25) is 0 Å². The lowest BCUT2D eigenvalue weighted by Gasteiger charge is -2.34. The van der Waals surface area contributed by atoms with Crippen LogP contribution in [0.3, 0.4) is 0 Å². The van der Waals surface area contributed by atoms with Gasteiger partial charge in [0.15, 0.2) is 17.3 Å². The minimum atomic E-state index is -2.51. The SMILES string of the molecule is CC(N)(N)C(=O)CC(O)(CC(=O)C(C)(N)N)C(=O)C(C)(N)N. The summed E-state index contributed by atoms with van der Waals surface area (Å²) in [6.07, 6.45) is -1.69. The van der Waals surface area contributed by atoms with Gasteiger partial charge in [0.05, 0.1) is 0 Å². The van der Waals surface area contributed by atoms with Crippen LogP contribution in [0.5, 0.6) is 0 Å². The fourth-order valence-electron chi connectivity index (χ4n) is 1.64. The molecule has 0 amide bonds. The molecule has 10 nitrogen and oxygen atoms in total. The Morgan fingerprint density at radius 3 is 1.18 bits per heavy atom. The Morgan fingerprint density at radius 1 is 0.727 bits per heavy atom. The maximum Gasteiger partial charge on any atom is 0.198 e. The average molecular weight is 318 g/mol. The predicted octanol–water partition coefficient (Wildman–Crippen LogP) is -3.89. The van der Waals surface area contributed by atoms with Crippen molar-refractivity contribution in [3.8, 4) is 0 Å². The number of ketones is 3. The lowest BCUT2D eigenvalue weighted by molar-refractivity contribution is -0.152. The van der Waals surface area contributed by atoms with E-state index in [0.717, 1.165) is 6.92 Å². The minimum absolute atomic E-state index is 0.846. The number of aliphatic hydroxyl groups is 1. The van der Waals surface area contributed by atoms with E-state index >= 15 is 0 Å². The van der Waals surface area contributed by atoms with Crippen LogP contribution in [-0.4, -0.2) is 45.0 Å². The highest BCUT2D eigenvalue weighted by Crippen LogP contribution is 2.24. The topological polar surface area (TPSA) is 228 Å². The molecule has 0 radical (unpaired) electrons. The second-order valence-corrected chi connectivity index (χ2v) is 6.41. The van der Waals surface area contributed by atoms with Gasteiger partial charge in [-0.25, -0.2) is 0 Å². The molecule has 22 heavy (non-hydrogen) atoms. The molecule has 0 aromatic rings. The zero-order valence-corrected chi connectivity index (χ0v) is 13.1. The summed E-state index contributed by atoms with van der Waals surface area (Å²) in [5, 5.41) is 10.5. The summed E-state index contributed by atoms with van der Waals surface area (Å²) < 4.78 is 0. The molecule has 0 atom stereocenters. The second-order valence-electron chi connectivity index (χ2n) is 6.41. The quantitative estimate of drug-likeness (QED) is 0.215. The van der Waals surface area contributed by atoms with Crippen LogP contribution in [0, 0.1) is 0 Å². The molecule has 10 heteroatoms. The Bertz CT molecular complexity index is 441. The Labute approximate surface area is 128 Å². The van der Waals surface area contributed by atoms with Crippen molar-refractivity contribution in [1.82, 2.24) is 0 Å². The van der Waals surface area contributed by atoms with Gasteiger partial charge in [-0.15, -0.1) is 0 Å². The molecule has 0 fully saturated rings. The third-order valence-corrected chi connectivity index (χ3v) is 3.02. The summed E-state index contributed by atoms with van der Waals surface area (Å²) in [5.41, 5.74) is 24.5. The Kier molecular flexibility index (Phi) is 5.73. The summed E-state index contributed by atoms with van der Waals surface area (Å²) >= 11 is 0. The number of carbonyl (C=O) groups excluding carboxylic acids is 3. The number of Topliss-reactive ketones (excluding diaryl/α,β-unsaturated/α-hetero) is 3. The molecule has 0 aliphatic carbocycles. The van der Waals surface area contributed by atoms with Gasteiger partial charge in [0, 0.05) is 12.8 Å². The summed E-state index contributed by atoms with van der Waals surface area (Å²) in [4.78, 5) is 36.1. The monoisotopic (exact) mass is 318 g/mol. The second kappa shape index (κ2) is 6.08. The first-order valence-electron chi connectivity index (χ1n) is 6.48. The van der Waals surface area contributed by atoms with Crippen molar-refractivity contribution in [2.45, 2.75) is 56.2 Å². The van der Waals surface area contributed by atoms with Crippen molar-refractivity contribution in [2.24, 2.45) is 34.4 Å². The molecule has 0 aliphatic rings. The van der Waals surface area contributed by atoms with E-state index in [9.17, 15) is 19.5 Å². The van der Waals surface area contributed by atoms with Gasteiger partial charge in [0.1, 0.15) is 22.6 Å². The fraction of sp³-hybridized carbons (Fsp3) is 0.750. The van der Waals surface area contributed by atoms with Crippen LogP contribution in [-0.2, 0) is 14.4 Å². The van der Waals surface area contributed by atoms with Gasteiger partial charge in [0.25, 0.3) is 0 Å².